The van der Waals surface area contributed by atoms with E-state index in [2.05, 4.69) is 4.74 Å². The number of rotatable bonds is 3. The van der Waals surface area contributed by atoms with E-state index in [9.17, 15) is 14.3 Å². The average molecular weight is 296 g/mol. The van der Waals surface area contributed by atoms with Crippen molar-refractivity contribution in [2.24, 2.45) is 0 Å². The summed E-state index contributed by atoms with van der Waals surface area (Å²) in [5.41, 5.74) is 1.00. The molecule has 0 spiro atoms. The van der Waals surface area contributed by atoms with Crippen molar-refractivity contribution in [1.82, 2.24) is 0 Å². The van der Waals surface area contributed by atoms with Crippen LogP contribution in [0, 0.1) is 5.82 Å². The SMILES string of the molecule is COC(=O)C(C)c1ccc(/C=C2\SCCC2O)c(F)c1. The summed E-state index contributed by atoms with van der Waals surface area (Å²) in [4.78, 5) is 12.2. The summed E-state index contributed by atoms with van der Waals surface area (Å²) in [5.74, 6) is -0.433. The first-order chi connectivity index (χ1) is 9.52. The predicted molar refractivity (Wildman–Crippen MR) is 77.9 cm³/mol. The Balaban J connectivity index is 2.24. The third kappa shape index (κ3) is 3.22. The van der Waals surface area contributed by atoms with E-state index in [0.717, 1.165) is 10.7 Å². The fourth-order valence-electron chi connectivity index (χ4n) is 2.06. The molecule has 108 valence electrons. The van der Waals surface area contributed by atoms with Crippen molar-refractivity contribution in [2.45, 2.75) is 25.4 Å². The molecule has 5 heteroatoms. The fourth-order valence-corrected chi connectivity index (χ4v) is 3.16. The first-order valence-electron chi connectivity index (χ1n) is 6.42. The van der Waals surface area contributed by atoms with Crippen molar-refractivity contribution in [2.75, 3.05) is 12.9 Å². The summed E-state index contributed by atoms with van der Waals surface area (Å²) in [6, 6.07) is 4.69. The predicted octanol–water partition coefficient (Wildman–Crippen LogP) is 2.94. The summed E-state index contributed by atoms with van der Waals surface area (Å²) in [6.07, 6.45) is 1.88. The topological polar surface area (TPSA) is 46.5 Å². The molecular formula is C15H17FO3S. The second-order valence-electron chi connectivity index (χ2n) is 4.73. The van der Waals surface area contributed by atoms with Crippen LogP contribution in [-0.4, -0.2) is 30.0 Å². The number of esters is 1. The number of aliphatic hydroxyl groups is 1. The van der Waals surface area contributed by atoms with Crippen LogP contribution in [0.5, 0.6) is 0 Å². The van der Waals surface area contributed by atoms with E-state index in [1.807, 2.05) is 0 Å². The highest BCUT2D eigenvalue weighted by molar-refractivity contribution is 8.03. The number of methoxy groups -OCH3 is 1. The number of hydrogen-bond acceptors (Lipinski definition) is 4. The molecule has 3 nitrogen and oxygen atoms in total. The van der Waals surface area contributed by atoms with Gasteiger partial charge in [0.05, 0.1) is 19.1 Å². The summed E-state index contributed by atoms with van der Waals surface area (Å²) in [6.45, 7) is 1.68. The second kappa shape index (κ2) is 6.41. The quantitative estimate of drug-likeness (QED) is 0.871. The van der Waals surface area contributed by atoms with E-state index < -0.39 is 23.8 Å². The standard InChI is InChI=1S/C15H17FO3S/c1-9(15(18)19-2)10-3-4-11(12(16)7-10)8-14-13(17)5-6-20-14/h3-4,7-9,13,17H,5-6H2,1-2H3/b14-8-. The van der Waals surface area contributed by atoms with Gasteiger partial charge in [-0.15, -0.1) is 11.8 Å². The first kappa shape index (κ1) is 15.1. The van der Waals surface area contributed by atoms with Gasteiger partial charge in [0, 0.05) is 16.2 Å². The molecule has 1 aromatic rings. The van der Waals surface area contributed by atoms with Crippen LogP contribution in [0.3, 0.4) is 0 Å². The van der Waals surface area contributed by atoms with Gasteiger partial charge in [-0.1, -0.05) is 12.1 Å². The largest absolute Gasteiger partial charge is 0.469 e. The lowest BCUT2D eigenvalue weighted by Gasteiger charge is -2.10. The number of carbonyl (C=O) groups excluding carboxylic acids is 1. The molecule has 0 amide bonds. The van der Waals surface area contributed by atoms with Crippen molar-refractivity contribution in [3.8, 4) is 0 Å². The molecular weight excluding hydrogens is 279 g/mol. The Morgan fingerprint density at radius 3 is 2.90 bits per heavy atom. The van der Waals surface area contributed by atoms with E-state index in [4.69, 9.17) is 0 Å². The van der Waals surface area contributed by atoms with E-state index >= 15 is 0 Å². The highest BCUT2D eigenvalue weighted by atomic mass is 32.2. The molecule has 0 radical (unpaired) electrons. The molecule has 0 aromatic heterocycles. The average Bonchev–Trinajstić information content (AvgIpc) is 2.84. The molecule has 1 aliphatic heterocycles. The maximum absolute atomic E-state index is 14.1. The van der Waals surface area contributed by atoms with Gasteiger partial charge in [0.15, 0.2) is 0 Å². The fraction of sp³-hybridized carbons (Fsp3) is 0.400. The van der Waals surface area contributed by atoms with Crippen LogP contribution in [0.15, 0.2) is 23.1 Å². The molecule has 1 saturated heterocycles. The van der Waals surface area contributed by atoms with Crippen molar-refractivity contribution < 1.29 is 19.0 Å². The zero-order chi connectivity index (χ0) is 14.7. The molecule has 0 saturated carbocycles. The van der Waals surface area contributed by atoms with Crippen molar-refractivity contribution in [3.05, 3.63) is 40.0 Å². The Morgan fingerprint density at radius 2 is 2.35 bits per heavy atom. The maximum Gasteiger partial charge on any atom is 0.312 e. The lowest BCUT2D eigenvalue weighted by Crippen LogP contribution is -2.11. The summed E-state index contributed by atoms with van der Waals surface area (Å²) < 4.78 is 18.7. The Morgan fingerprint density at radius 1 is 1.60 bits per heavy atom. The third-order valence-electron chi connectivity index (χ3n) is 3.37. The minimum absolute atomic E-state index is 0.391. The normalized spacial score (nSPS) is 22.0. The number of aliphatic hydroxyl groups excluding tert-OH is 1. The van der Waals surface area contributed by atoms with Crippen molar-refractivity contribution in [3.63, 3.8) is 0 Å². The van der Waals surface area contributed by atoms with Gasteiger partial charge in [-0.3, -0.25) is 4.79 Å². The van der Waals surface area contributed by atoms with Gasteiger partial charge in [0.1, 0.15) is 5.82 Å². The van der Waals surface area contributed by atoms with Gasteiger partial charge < -0.3 is 9.84 Å². The van der Waals surface area contributed by atoms with Crippen LogP contribution < -0.4 is 0 Å². The molecule has 1 heterocycles. The summed E-state index contributed by atoms with van der Waals surface area (Å²) in [5, 5.41) is 9.72. The Kier molecular flexibility index (Phi) is 4.83. The number of thioether (sulfide) groups is 1. The van der Waals surface area contributed by atoms with E-state index in [0.29, 0.717) is 17.5 Å². The van der Waals surface area contributed by atoms with Crippen molar-refractivity contribution in [1.29, 1.82) is 0 Å². The highest BCUT2D eigenvalue weighted by Gasteiger charge is 2.20. The maximum atomic E-state index is 14.1. The van der Waals surface area contributed by atoms with Gasteiger partial charge in [-0.25, -0.2) is 4.39 Å². The van der Waals surface area contributed by atoms with Crippen LogP contribution in [0.1, 0.15) is 30.4 Å². The van der Waals surface area contributed by atoms with E-state index in [1.165, 1.54) is 13.2 Å². The van der Waals surface area contributed by atoms with Crippen LogP contribution in [0.25, 0.3) is 6.08 Å². The number of benzene rings is 1. The molecule has 1 N–H and O–H groups in total. The van der Waals surface area contributed by atoms with Crippen LogP contribution in [0.4, 0.5) is 4.39 Å². The first-order valence-corrected chi connectivity index (χ1v) is 7.41. The number of hydrogen-bond donors (Lipinski definition) is 1. The molecule has 1 aliphatic rings. The molecule has 0 bridgehead atoms. The Bertz CT molecular complexity index is 542. The van der Waals surface area contributed by atoms with Gasteiger partial charge >= 0.3 is 5.97 Å². The minimum Gasteiger partial charge on any atom is -0.469 e. The molecule has 1 fully saturated rings. The molecule has 2 unspecified atom stereocenters. The monoisotopic (exact) mass is 296 g/mol. The zero-order valence-corrected chi connectivity index (χ0v) is 12.2. The second-order valence-corrected chi connectivity index (χ2v) is 5.89. The number of ether oxygens (including phenoxy) is 1. The summed E-state index contributed by atoms with van der Waals surface area (Å²) in [7, 11) is 1.31. The molecule has 20 heavy (non-hydrogen) atoms. The van der Waals surface area contributed by atoms with Gasteiger partial charge in [-0.2, -0.15) is 0 Å². The Labute approximate surface area is 121 Å². The smallest absolute Gasteiger partial charge is 0.312 e. The number of halogens is 1. The molecule has 2 atom stereocenters. The van der Waals surface area contributed by atoms with Gasteiger partial charge in [0.25, 0.3) is 0 Å². The zero-order valence-electron chi connectivity index (χ0n) is 11.4. The van der Waals surface area contributed by atoms with Crippen LogP contribution in [0.2, 0.25) is 0 Å². The van der Waals surface area contributed by atoms with Gasteiger partial charge in [0.2, 0.25) is 0 Å². The van der Waals surface area contributed by atoms with E-state index in [-0.39, 0.29) is 0 Å². The third-order valence-corrected chi connectivity index (χ3v) is 4.53. The molecule has 2 rings (SSSR count). The minimum atomic E-state index is -0.498. The lowest BCUT2D eigenvalue weighted by molar-refractivity contribution is -0.141. The van der Waals surface area contributed by atoms with Crippen LogP contribution in [-0.2, 0) is 9.53 Å². The van der Waals surface area contributed by atoms with E-state index in [1.54, 1.807) is 36.9 Å². The van der Waals surface area contributed by atoms with Crippen molar-refractivity contribution >= 4 is 23.8 Å². The number of carbonyl (C=O) groups is 1. The Hall–Kier alpha value is -1.33. The summed E-state index contributed by atoms with van der Waals surface area (Å²) >= 11 is 1.54. The van der Waals surface area contributed by atoms with Crippen LogP contribution >= 0.6 is 11.8 Å². The molecule has 1 aromatic carbocycles. The molecule has 0 aliphatic carbocycles. The van der Waals surface area contributed by atoms with Gasteiger partial charge in [-0.05, 0) is 31.1 Å². The highest BCUT2D eigenvalue weighted by Crippen LogP contribution is 2.33. The lowest BCUT2D eigenvalue weighted by atomic mass is 9.99.